The molecule has 0 aliphatic carbocycles. The maximum absolute atomic E-state index is 13.7. The molecule has 1 spiro atoms. The first-order valence-corrected chi connectivity index (χ1v) is 14.3. The predicted molar refractivity (Wildman–Crippen MR) is 144 cm³/mol. The summed E-state index contributed by atoms with van der Waals surface area (Å²) < 4.78 is 32.3. The highest BCUT2D eigenvalue weighted by atomic mass is 32.2. The molecule has 1 unspecified atom stereocenters. The number of rotatable bonds is 7. The van der Waals surface area contributed by atoms with Crippen LogP contribution in [0.3, 0.4) is 0 Å². The Hall–Kier alpha value is -2.90. The minimum absolute atomic E-state index is 0.0971. The van der Waals surface area contributed by atoms with Crippen molar-refractivity contribution in [3.8, 4) is 0 Å². The first kappa shape index (κ1) is 25.4. The number of hydrogen-bond acceptors (Lipinski definition) is 4. The van der Waals surface area contributed by atoms with Crippen molar-refractivity contribution in [3.63, 3.8) is 0 Å². The first-order chi connectivity index (χ1) is 18.5. The fourth-order valence-corrected chi connectivity index (χ4v) is 7.63. The van der Waals surface area contributed by atoms with E-state index in [1.165, 1.54) is 33.1 Å². The minimum atomic E-state index is -0.899. The number of ether oxygens (including phenoxy) is 1. The Bertz CT molecular complexity index is 1280. The molecule has 0 radical (unpaired) electrons. The Morgan fingerprint density at radius 3 is 2.18 bits per heavy atom. The van der Waals surface area contributed by atoms with Crippen molar-refractivity contribution in [2.45, 2.75) is 53.4 Å². The first-order valence-electron chi connectivity index (χ1n) is 13.5. The zero-order chi connectivity index (χ0) is 26.1. The second-order valence-corrected chi connectivity index (χ2v) is 11.6. The molecule has 1 amide bonds. The molecule has 0 bridgehead atoms. The molecule has 3 aliphatic rings. The number of likely N-dealkylation sites (tertiary alicyclic amines) is 1. The number of amides is 1. The SMILES string of the molecule is O=C1OCC(c2ccc(F)c(F)c2)N1CCCCCN1CCC2(CC1)c1ccccc1Sc1ccccc12. The van der Waals surface area contributed by atoms with Crippen LogP contribution in [0.2, 0.25) is 0 Å². The quantitative estimate of drug-likeness (QED) is 0.301. The highest BCUT2D eigenvalue weighted by Crippen LogP contribution is 2.53. The van der Waals surface area contributed by atoms with E-state index in [9.17, 15) is 13.6 Å². The van der Waals surface area contributed by atoms with Crippen LogP contribution in [0, 0.1) is 11.6 Å². The number of unbranched alkanes of at least 4 members (excludes halogenated alkanes) is 2. The summed E-state index contributed by atoms with van der Waals surface area (Å²) in [5, 5.41) is 0. The van der Waals surface area contributed by atoms with Crippen LogP contribution < -0.4 is 0 Å². The summed E-state index contributed by atoms with van der Waals surface area (Å²) in [4.78, 5) is 19.3. The van der Waals surface area contributed by atoms with Gasteiger partial charge in [-0.15, -0.1) is 0 Å². The number of benzene rings is 3. The second-order valence-electron chi connectivity index (χ2n) is 10.5. The topological polar surface area (TPSA) is 32.8 Å². The minimum Gasteiger partial charge on any atom is -0.447 e. The Morgan fingerprint density at radius 2 is 1.50 bits per heavy atom. The van der Waals surface area contributed by atoms with Crippen LogP contribution in [0.5, 0.6) is 0 Å². The van der Waals surface area contributed by atoms with Gasteiger partial charge in [0.2, 0.25) is 0 Å². The van der Waals surface area contributed by atoms with Gasteiger partial charge >= 0.3 is 6.09 Å². The number of nitrogens with zero attached hydrogens (tertiary/aromatic N) is 2. The summed E-state index contributed by atoms with van der Waals surface area (Å²) in [6.07, 6.45) is 4.78. The number of fused-ring (bicyclic) bond motifs is 4. The maximum Gasteiger partial charge on any atom is 0.410 e. The van der Waals surface area contributed by atoms with Crippen molar-refractivity contribution in [2.24, 2.45) is 0 Å². The van der Waals surface area contributed by atoms with Gasteiger partial charge in [-0.25, -0.2) is 13.6 Å². The van der Waals surface area contributed by atoms with Gasteiger partial charge in [-0.05, 0) is 86.3 Å². The molecule has 38 heavy (non-hydrogen) atoms. The lowest BCUT2D eigenvalue weighted by Gasteiger charge is -2.46. The fraction of sp³-hybridized carbons (Fsp3) is 0.387. The van der Waals surface area contributed by atoms with E-state index in [1.807, 2.05) is 11.8 Å². The summed E-state index contributed by atoms with van der Waals surface area (Å²) >= 11 is 1.89. The van der Waals surface area contributed by atoms with E-state index in [0.29, 0.717) is 12.1 Å². The summed E-state index contributed by atoms with van der Waals surface area (Å²) in [5.74, 6) is -1.78. The largest absolute Gasteiger partial charge is 0.447 e. The highest BCUT2D eigenvalue weighted by molar-refractivity contribution is 7.99. The zero-order valence-electron chi connectivity index (χ0n) is 21.4. The Labute approximate surface area is 227 Å². The van der Waals surface area contributed by atoms with E-state index in [-0.39, 0.29) is 24.2 Å². The average molecular weight is 535 g/mol. The molecule has 198 valence electrons. The van der Waals surface area contributed by atoms with Crippen molar-refractivity contribution in [1.82, 2.24) is 9.80 Å². The molecule has 2 saturated heterocycles. The van der Waals surface area contributed by atoms with Gasteiger partial charge in [0.25, 0.3) is 0 Å². The third-order valence-corrected chi connectivity index (χ3v) is 9.56. The summed E-state index contributed by atoms with van der Waals surface area (Å²) in [7, 11) is 0. The van der Waals surface area contributed by atoms with Gasteiger partial charge in [0.1, 0.15) is 6.61 Å². The number of piperidine rings is 1. The molecule has 3 aliphatic heterocycles. The zero-order valence-corrected chi connectivity index (χ0v) is 22.2. The Kier molecular flexibility index (Phi) is 7.14. The molecule has 0 saturated carbocycles. The molecule has 3 aromatic rings. The normalized spacial score (nSPS) is 20.3. The predicted octanol–water partition coefficient (Wildman–Crippen LogP) is 7.18. The van der Waals surface area contributed by atoms with Crippen LogP contribution in [0.1, 0.15) is 54.8 Å². The van der Waals surface area contributed by atoms with Crippen molar-refractivity contribution in [1.29, 1.82) is 0 Å². The number of carbonyl (C=O) groups excluding carboxylic acids is 1. The van der Waals surface area contributed by atoms with Crippen LogP contribution >= 0.6 is 11.8 Å². The smallest absolute Gasteiger partial charge is 0.410 e. The lowest BCUT2D eigenvalue weighted by atomic mass is 9.67. The number of halogens is 2. The number of carbonyl (C=O) groups is 1. The standard InChI is InChI=1S/C31H32F2N2O2S/c32-25-13-12-22(20-26(25)33)27-21-37-30(36)35(27)17-7-1-6-16-34-18-14-31(15-19-34)23-8-2-4-10-28(23)38-29-11-5-3-9-24(29)31/h2-5,8-13,20,27H,1,6-7,14-19,21H2. The molecule has 0 N–H and O–H groups in total. The van der Waals surface area contributed by atoms with Crippen LogP contribution in [-0.2, 0) is 10.2 Å². The van der Waals surface area contributed by atoms with Gasteiger partial charge in [0.05, 0.1) is 6.04 Å². The fourth-order valence-electron chi connectivity index (χ4n) is 6.35. The Morgan fingerprint density at radius 1 is 0.842 bits per heavy atom. The number of hydrogen-bond donors (Lipinski definition) is 0. The second kappa shape index (κ2) is 10.7. The lowest BCUT2D eigenvalue weighted by Crippen LogP contribution is -2.44. The van der Waals surface area contributed by atoms with E-state index in [2.05, 4.69) is 53.4 Å². The number of cyclic esters (lactones) is 1. The Balaban J connectivity index is 1.02. The van der Waals surface area contributed by atoms with Crippen molar-refractivity contribution >= 4 is 17.9 Å². The molecule has 6 rings (SSSR count). The molecule has 1 atom stereocenters. The van der Waals surface area contributed by atoms with E-state index in [4.69, 9.17) is 4.74 Å². The van der Waals surface area contributed by atoms with Gasteiger partial charge in [-0.1, -0.05) is 60.6 Å². The van der Waals surface area contributed by atoms with E-state index >= 15 is 0 Å². The van der Waals surface area contributed by atoms with Crippen molar-refractivity contribution in [3.05, 3.63) is 95.1 Å². The molecular weight excluding hydrogens is 502 g/mol. The molecular formula is C31H32F2N2O2S. The van der Waals surface area contributed by atoms with Crippen LogP contribution in [0.15, 0.2) is 76.5 Å². The van der Waals surface area contributed by atoms with Gasteiger partial charge < -0.3 is 9.64 Å². The van der Waals surface area contributed by atoms with Gasteiger partial charge in [0.15, 0.2) is 11.6 Å². The molecule has 3 aromatic carbocycles. The lowest BCUT2D eigenvalue weighted by molar-refractivity contribution is 0.156. The summed E-state index contributed by atoms with van der Waals surface area (Å²) in [6, 6.07) is 21.2. The highest BCUT2D eigenvalue weighted by Gasteiger charge is 2.43. The molecule has 0 aromatic heterocycles. The molecule has 7 heteroatoms. The van der Waals surface area contributed by atoms with E-state index in [0.717, 1.165) is 57.8 Å². The van der Waals surface area contributed by atoms with Gasteiger partial charge in [0, 0.05) is 21.8 Å². The third kappa shape index (κ3) is 4.71. The summed E-state index contributed by atoms with van der Waals surface area (Å²) in [6.45, 7) is 3.92. The maximum atomic E-state index is 13.7. The van der Waals surface area contributed by atoms with E-state index < -0.39 is 11.6 Å². The molecule has 2 fully saturated rings. The molecule has 4 nitrogen and oxygen atoms in total. The van der Waals surface area contributed by atoms with Crippen LogP contribution in [0.4, 0.5) is 13.6 Å². The van der Waals surface area contributed by atoms with E-state index in [1.54, 1.807) is 4.90 Å². The van der Waals surface area contributed by atoms with Crippen LogP contribution in [0.25, 0.3) is 0 Å². The van der Waals surface area contributed by atoms with Crippen LogP contribution in [-0.4, -0.2) is 48.7 Å². The van der Waals surface area contributed by atoms with Crippen molar-refractivity contribution < 1.29 is 18.3 Å². The molecule has 3 heterocycles. The average Bonchev–Trinajstić information content (AvgIpc) is 3.31. The monoisotopic (exact) mass is 534 g/mol. The van der Waals surface area contributed by atoms with Crippen molar-refractivity contribution in [2.75, 3.05) is 32.8 Å². The summed E-state index contributed by atoms with van der Waals surface area (Å²) in [5.41, 5.74) is 3.63. The third-order valence-electron chi connectivity index (χ3n) is 8.41. The van der Waals surface area contributed by atoms with Gasteiger partial charge in [-0.2, -0.15) is 0 Å². The van der Waals surface area contributed by atoms with Gasteiger partial charge in [-0.3, -0.25) is 4.90 Å².